The summed E-state index contributed by atoms with van der Waals surface area (Å²) in [4.78, 5) is -0.305. The Hall–Kier alpha value is -1.79. The summed E-state index contributed by atoms with van der Waals surface area (Å²) in [5, 5.41) is 19.4. The van der Waals surface area contributed by atoms with Crippen LogP contribution in [0.5, 0.6) is 11.5 Å². The Morgan fingerprint density at radius 1 is 1.00 bits per heavy atom. The van der Waals surface area contributed by atoms with Crippen molar-refractivity contribution < 1.29 is 23.2 Å². The van der Waals surface area contributed by atoms with Crippen LogP contribution in [-0.4, -0.2) is 23.2 Å². The van der Waals surface area contributed by atoms with Gasteiger partial charge in [0.1, 0.15) is 11.5 Å². The highest BCUT2D eigenvalue weighted by Crippen LogP contribution is 2.31. The predicted molar refractivity (Wildman–Crippen MR) is 57.1 cm³/mol. The molecule has 2 aromatic carbocycles. The summed E-state index contributed by atoms with van der Waals surface area (Å²) in [7, 11) is -4.29. The van der Waals surface area contributed by atoms with Crippen molar-refractivity contribution in [3.63, 3.8) is 0 Å². The minimum Gasteiger partial charge on any atom is -0.508 e. The largest absolute Gasteiger partial charge is 0.508 e. The lowest BCUT2D eigenvalue weighted by Gasteiger charge is -2.04. The van der Waals surface area contributed by atoms with Crippen LogP contribution in [0.4, 0.5) is 0 Å². The average molecular weight is 240 g/mol. The molecule has 0 saturated heterocycles. The predicted octanol–water partition coefficient (Wildman–Crippen LogP) is 1.50. The fourth-order valence-corrected chi connectivity index (χ4v) is 1.97. The molecule has 0 bridgehead atoms. The molecule has 6 heteroatoms. The molecule has 5 nitrogen and oxygen atoms in total. The highest BCUT2D eigenvalue weighted by molar-refractivity contribution is 7.85. The maximum atomic E-state index is 10.9. The molecule has 0 atom stereocenters. The normalized spacial score (nSPS) is 11.8. The van der Waals surface area contributed by atoms with Crippen LogP contribution in [0.15, 0.2) is 35.2 Å². The summed E-state index contributed by atoms with van der Waals surface area (Å²) in [5.74, 6) is -0.370. The van der Waals surface area contributed by atoms with E-state index in [9.17, 15) is 18.6 Å². The monoisotopic (exact) mass is 240 g/mol. The van der Waals surface area contributed by atoms with E-state index in [-0.39, 0.29) is 21.8 Å². The first kappa shape index (κ1) is 10.7. The molecule has 0 fully saturated rings. The molecule has 0 aliphatic carbocycles. The summed E-state index contributed by atoms with van der Waals surface area (Å²) in [6.45, 7) is 0. The van der Waals surface area contributed by atoms with E-state index >= 15 is 0 Å². The Bertz CT molecular complexity index is 660. The lowest BCUT2D eigenvalue weighted by atomic mass is 10.1. The van der Waals surface area contributed by atoms with E-state index in [0.717, 1.165) is 12.1 Å². The van der Waals surface area contributed by atoms with E-state index in [1.807, 2.05) is 0 Å². The topological polar surface area (TPSA) is 94.8 Å². The minimum atomic E-state index is -4.29. The van der Waals surface area contributed by atoms with Crippen molar-refractivity contribution in [2.24, 2.45) is 0 Å². The molecule has 0 aromatic heterocycles. The molecule has 0 aliphatic rings. The van der Waals surface area contributed by atoms with Crippen molar-refractivity contribution in [3.05, 3.63) is 30.3 Å². The fraction of sp³-hybridized carbons (Fsp3) is 0. The first-order valence-electron chi connectivity index (χ1n) is 4.31. The third-order valence-electron chi connectivity index (χ3n) is 2.19. The van der Waals surface area contributed by atoms with Gasteiger partial charge in [-0.3, -0.25) is 4.55 Å². The second-order valence-corrected chi connectivity index (χ2v) is 4.74. The third-order valence-corrected chi connectivity index (χ3v) is 3.04. The summed E-state index contributed by atoms with van der Waals surface area (Å²) < 4.78 is 30.6. The highest BCUT2D eigenvalue weighted by Gasteiger charge is 2.11. The second kappa shape index (κ2) is 3.36. The third kappa shape index (κ3) is 1.80. The van der Waals surface area contributed by atoms with E-state index in [1.54, 1.807) is 0 Å². The Balaban J connectivity index is 2.82. The molecule has 0 saturated carbocycles. The van der Waals surface area contributed by atoms with Crippen LogP contribution in [-0.2, 0) is 10.1 Å². The molecule has 2 aromatic rings. The summed E-state index contributed by atoms with van der Waals surface area (Å²) >= 11 is 0. The van der Waals surface area contributed by atoms with Crippen LogP contribution in [0.3, 0.4) is 0 Å². The van der Waals surface area contributed by atoms with Gasteiger partial charge in [0.05, 0.1) is 4.90 Å². The van der Waals surface area contributed by atoms with Crippen molar-refractivity contribution in [2.75, 3.05) is 0 Å². The fourth-order valence-electron chi connectivity index (χ4n) is 1.46. The summed E-state index contributed by atoms with van der Waals surface area (Å²) in [6, 6.07) is 6.19. The van der Waals surface area contributed by atoms with Crippen LogP contribution in [0.25, 0.3) is 10.8 Å². The average Bonchev–Trinajstić information content (AvgIpc) is 2.15. The molecule has 16 heavy (non-hydrogen) atoms. The molecule has 0 radical (unpaired) electrons. The van der Waals surface area contributed by atoms with E-state index < -0.39 is 10.1 Å². The summed E-state index contributed by atoms with van der Waals surface area (Å²) in [5.41, 5.74) is 0. The van der Waals surface area contributed by atoms with Gasteiger partial charge >= 0.3 is 0 Å². The van der Waals surface area contributed by atoms with Gasteiger partial charge < -0.3 is 10.2 Å². The SMILES string of the molecule is O=S(=O)(O)c1ccc2cc(O)cc(O)c2c1. The molecule has 2 rings (SSSR count). The lowest BCUT2D eigenvalue weighted by Crippen LogP contribution is -1.97. The molecule has 0 heterocycles. The maximum Gasteiger partial charge on any atom is 0.294 e. The van der Waals surface area contributed by atoms with Crippen LogP contribution in [0.2, 0.25) is 0 Å². The first-order chi connectivity index (χ1) is 7.38. The molecule has 0 spiro atoms. The Labute approximate surface area is 91.3 Å². The van der Waals surface area contributed by atoms with Crippen LogP contribution < -0.4 is 0 Å². The van der Waals surface area contributed by atoms with Crippen molar-refractivity contribution in [2.45, 2.75) is 4.90 Å². The second-order valence-electron chi connectivity index (χ2n) is 3.32. The zero-order valence-electron chi connectivity index (χ0n) is 7.95. The van der Waals surface area contributed by atoms with Crippen molar-refractivity contribution in [1.82, 2.24) is 0 Å². The Morgan fingerprint density at radius 2 is 1.69 bits per heavy atom. The van der Waals surface area contributed by atoms with Crippen molar-refractivity contribution >= 4 is 20.9 Å². The summed E-state index contributed by atoms with van der Waals surface area (Å²) in [6.07, 6.45) is 0. The zero-order chi connectivity index (χ0) is 11.9. The highest BCUT2D eigenvalue weighted by atomic mass is 32.2. The number of hydrogen-bond acceptors (Lipinski definition) is 4. The number of aromatic hydroxyl groups is 2. The standard InChI is InChI=1S/C10H8O5S/c11-7-3-6-1-2-8(16(13,14)15)5-9(6)10(12)4-7/h1-5,11-12H,(H,13,14,15). The van der Waals surface area contributed by atoms with Gasteiger partial charge in [0.2, 0.25) is 0 Å². The van der Waals surface area contributed by atoms with Gasteiger partial charge in [-0.2, -0.15) is 8.42 Å². The maximum absolute atomic E-state index is 10.9. The van der Waals surface area contributed by atoms with Crippen LogP contribution in [0, 0.1) is 0 Å². The number of hydrogen-bond donors (Lipinski definition) is 3. The quantitative estimate of drug-likeness (QED) is 0.656. The molecule has 0 unspecified atom stereocenters. The van der Waals surface area contributed by atoms with E-state index in [2.05, 4.69) is 0 Å². The minimum absolute atomic E-state index is 0.121. The molecule has 3 N–H and O–H groups in total. The van der Waals surface area contributed by atoms with Gasteiger partial charge in [0, 0.05) is 11.5 Å². The van der Waals surface area contributed by atoms with Gasteiger partial charge in [-0.15, -0.1) is 0 Å². The van der Waals surface area contributed by atoms with Gasteiger partial charge in [0.15, 0.2) is 0 Å². The van der Waals surface area contributed by atoms with Crippen molar-refractivity contribution in [1.29, 1.82) is 0 Å². The van der Waals surface area contributed by atoms with Crippen LogP contribution in [0.1, 0.15) is 0 Å². The van der Waals surface area contributed by atoms with Crippen LogP contribution >= 0.6 is 0 Å². The van der Waals surface area contributed by atoms with E-state index in [4.69, 9.17) is 4.55 Å². The Kier molecular flexibility index (Phi) is 2.25. The van der Waals surface area contributed by atoms with Crippen molar-refractivity contribution in [3.8, 4) is 11.5 Å². The molecular weight excluding hydrogens is 232 g/mol. The molecule has 0 aliphatic heterocycles. The first-order valence-corrected chi connectivity index (χ1v) is 5.75. The number of benzene rings is 2. The number of fused-ring (bicyclic) bond motifs is 1. The van der Waals surface area contributed by atoms with E-state index in [0.29, 0.717) is 5.39 Å². The number of phenolic OH excluding ortho intramolecular Hbond substituents is 2. The van der Waals surface area contributed by atoms with Gasteiger partial charge in [-0.1, -0.05) is 6.07 Å². The lowest BCUT2D eigenvalue weighted by molar-refractivity contribution is 0.455. The Morgan fingerprint density at radius 3 is 2.31 bits per heavy atom. The van der Waals surface area contributed by atoms with Gasteiger partial charge in [-0.05, 0) is 23.6 Å². The van der Waals surface area contributed by atoms with Gasteiger partial charge in [0.25, 0.3) is 10.1 Å². The zero-order valence-corrected chi connectivity index (χ0v) is 8.77. The number of rotatable bonds is 1. The molecule has 84 valence electrons. The molecule has 0 amide bonds. The van der Waals surface area contributed by atoms with E-state index in [1.165, 1.54) is 18.2 Å². The number of phenols is 2. The molecular formula is C10H8O5S. The smallest absolute Gasteiger partial charge is 0.294 e. The van der Waals surface area contributed by atoms with Gasteiger partial charge in [-0.25, -0.2) is 0 Å².